The highest BCUT2D eigenvalue weighted by Crippen LogP contribution is 2.20. The molecule has 0 radical (unpaired) electrons. The lowest BCUT2D eigenvalue weighted by molar-refractivity contribution is 0.232. The Bertz CT molecular complexity index is 527. The van der Waals surface area contributed by atoms with Crippen molar-refractivity contribution in [1.82, 2.24) is 14.3 Å². The lowest BCUT2D eigenvalue weighted by Crippen LogP contribution is -2.22. The smallest absolute Gasteiger partial charge is 0.289 e. The topological polar surface area (TPSA) is 46.1 Å². The van der Waals surface area contributed by atoms with Gasteiger partial charge in [0.2, 0.25) is 5.16 Å². The Morgan fingerprint density at radius 3 is 2.72 bits per heavy atom. The molecule has 0 N–H and O–H groups in total. The average Bonchev–Trinajstić information content (AvgIpc) is 2.76. The molecule has 0 saturated heterocycles. The largest absolute Gasteiger partial charge is 0.332 e. The second-order valence-electron chi connectivity index (χ2n) is 3.81. The highest BCUT2D eigenvalue weighted by atomic mass is 32.2. The van der Waals surface area contributed by atoms with E-state index in [4.69, 9.17) is 0 Å². The van der Waals surface area contributed by atoms with Crippen molar-refractivity contribution >= 4 is 28.5 Å². The van der Waals surface area contributed by atoms with Gasteiger partial charge >= 0.3 is 0 Å². The van der Waals surface area contributed by atoms with Crippen LogP contribution in [-0.4, -0.2) is 26.5 Å². The molecule has 0 saturated carbocycles. The number of hydrogen-bond donors (Lipinski definition) is 0. The summed E-state index contributed by atoms with van der Waals surface area (Å²) in [6.45, 7) is 2.47. The highest BCUT2D eigenvalue weighted by Gasteiger charge is 2.13. The van der Waals surface area contributed by atoms with Crippen molar-refractivity contribution in [2.24, 2.45) is 0 Å². The standard InChI is InChI=1S/C12H13N3OS2/c1-9-13-11(14-18-9)17-12(16)15(2)8-10-6-4-3-5-7-10/h3-7H,8H2,1-2H3. The van der Waals surface area contributed by atoms with E-state index in [-0.39, 0.29) is 5.24 Å². The third-order valence-electron chi connectivity index (χ3n) is 2.26. The zero-order valence-corrected chi connectivity index (χ0v) is 11.8. The molecular formula is C12H13N3OS2. The van der Waals surface area contributed by atoms with Crippen molar-refractivity contribution in [2.45, 2.75) is 18.6 Å². The summed E-state index contributed by atoms with van der Waals surface area (Å²) in [5.74, 6) is 0. The van der Waals surface area contributed by atoms with Crippen molar-refractivity contribution in [1.29, 1.82) is 0 Å². The van der Waals surface area contributed by atoms with Crippen LogP contribution in [0.2, 0.25) is 0 Å². The molecule has 0 fully saturated rings. The molecular weight excluding hydrogens is 266 g/mol. The van der Waals surface area contributed by atoms with Crippen LogP contribution < -0.4 is 0 Å². The summed E-state index contributed by atoms with van der Waals surface area (Å²) >= 11 is 2.38. The van der Waals surface area contributed by atoms with Gasteiger partial charge in [0.15, 0.2) is 0 Å². The summed E-state index contributed by atoms with van der Waals surface area (Å²) in [6.07, 6.45) is 0. The number of amides is 1. The summed E-state index contributed by atoms with van der Waals surface area (Å²) in [6, 6.07) is 9.89. The van der Waals surface area contributed by atoms with E-state index in [2.05, 4.69) is 9.36 Å². The fourth-order valence-corrected chi connectivity index (χ4v) is 2.66. The molecule has 0 aliphatic carbocycles. The Labute approximate surface area is 114 Å². The van der Waals surface area contributed by atoms with Gasteiger partial charge < -0.3 is 4.90 Å². The van der Waals surface area contributed by atoms with Crippen LogP contribution in [-0.2, 0) is 6.54 Å². The van der Waals surface area contributed by atoms with E-state index >= 15 is 0 Å². The number of aromatic nitrogens is 2. The highest BCUT2D eigenvalue weighted by molar-refractivity contribution is 8.13. The fraction of sp³-hybridized carbons (Fsp3) is 0.250. The molecule has 18 heavy (non-hydrogen) atoms. The molecule has 1 heterocycles. The molecule has 0 bridgehead atoms. The molecule has 6 heteroatoms. The number of hydrogen-bond acceptors (Lipinski definition) is 5. The maximum atomic E-state index is 11.9. The second-order valence-corrected chi connectivity index (χ2v) is 5.68. The normalized spacial score (nSPS) is 10.3. The molecule has 0 aliphatic heterocycles. The van der Waals surface area contributed by atoms with Crippen molar-refractivity contribution in [2.75, 3.05) is 7.05 Å². The molecule has 1 aromatic carbocycles. The molecule has 0 unspecified atom stereocenters. The van der Waals surface area contributed by atoms with Crippen molar-refractivity contribution < 1.29 is 4.79 Å². The van der Waals surface area contributed by atoms with Crippen LogP contribution in [0.5, 0.6) is 0 Å². The summed E-state index contributed by atoms with van der Waals surface area (Å²) in [7, 11) is 1.78. The number of carbonyl (C=O) groups is 1. The number of thioether (sulfide) groups is 1. The molecule has 2 aromatic rings. The first-order chi connectivity index (χ1) is 8.65. The molecule has 2 rings (SSSR count). The third-order valence-corrected chi connectivity index (χ3v) is 3.85. The quantitative estimate of drug-likeness (QED) is 0.809. The van der Waals surface area contributed by atoms with Gasteiger partial charge in [0.05, 0.1) is 0 Å². The molecule has 0 aliphatic rings. The third kappa shape index (κ3) is 3.54. The number of carbonyl (C=O) groups excluding carboxylic acids is 1. The number of nitrogens with zero attached hydrogens (tertiary/aromatic N) is 3. The second kappa shape index (κ2) is 5.97. The minimum Gasteiger partial charge on any atom is -0.332 e. The number of rotatable bonds is 3. The van der Waals surface area contributed by atoms with Crippen LogP contribution in [0.3, 0.4) is 0 Å². The minimum atomic E-state index is -0.0448. The van der Waals surface area contributed by atoms with E-state index in [1.807, 2.05) is 37.3 Å². The van der Waals surface area contributed by atoms with Crippen molar-refractivity contribution in [3.8, 4) is 0 Å². The zero-order chi connectivity index (χ0) is 13.0. The van der Waals surface area contributed by atoms with Gasteiger partial charge in [-0.2, -0.15) is 4.37 Å². The van der Waals surface area contributed by atoms with Crippen LogP contribution in [0, 0.1) is 6.92 Å². The van der Waals surface area contributed by atoms with Crippen molar-refractivity contribution in [3.05, 3.63) is 40.9 Å². The lowest BCUT2D eigenvalue weighted by Gasteiger charge is -2.15. The van der Waals surface area contributed by atoms with E-state index < -0.39 is 0 Å². The maximum Gasteiger partial charge on any atom is 0.289 e. The zero-order valence-electron chi connectivity index (χ0n) is 10.2. The maximum absolute atomic E-state index is 11.9. The van der Waals surface area contributed by atoms with E-state index in [0.717, 1.165) is 22.3 Å². The van der Waals surface area contributed by atoms with E-state index in [0.29, 0.717) is 11.7 Å². The van der Waals surface area contributed by atoms with E-state index in [9.17, 15) is 4.79 Å². The summed E-state index contributed by atoms with van der Waals surface area (Å²) in [5, 5.41) is 1.36. The first-order valence-corrected chi connectivity index (χ1v) is 7.01. The van der Waals surface area contributed by atoms with Crippen LogP contribution in [0.15, 0.2) is 35.5 Å². The number of benzene rings is 1. The van der Waals surface area contributed by atoms with Gasteiger partial charge in [-0.3, -0.25) is 4.79 Å². The van der Waals surface area contributed by atoms with Gasteiger partial charge in [-0.25, -0.2) is 4.98 Å². The monoisotopic (exact) mass is 279 g/mol. The van der Waals surface area contributed by atoms with Crippen LogP contribution in [0.1, 0.15) is 10.6 Å². The Kier molecular flexibility index (Phi) is 4.33. The molecule has 94 valence electrons. The summed E-state index contributed by atoms with van der Waals surface area (Å²) < 4.78 is 4.09. The average molecular weight is 279 g/mol. The van der Waals surface area contributed by atoms with Gasteiger partial charge in [0.1, 0.15) is 5.01 Å². The first-order valence-electron chi connectivity index (χ1n) is 5.42. The molecule has 1 aromatic heterocycles. The minimum absolute atomic E-state index is 0.0448. The van der Waals surface area contributed by atoms with E-state index in [1.54, 1.807) is 11.9 Å². The number of aryl methyl sites for hydroxylation is 1. The van der Waals surface area contributed by atoms with Gasteiger partial charge in [0, 0.05) is 25.4 Å². The van der Waals surface area contributed by atoms with Gasteiger partial charge in [-0.1, -0.05) is 30.3 Å². The Balaban J connectivity index is 1.93. The van der Waals surface area contributed by atoms with Crippen LogP contribution in [0.4, 0.5) is 4.79 Å². The summed E-state index contributed by atoms with van der Waals surface area (Å²) in [4.78, 5) is 17.8. The molecule has 1 amide bonds. The molecule has 4 nitrogen and oxygen atoms in total. The molecule has 0 spiro atoms. The lowest BCUT2D eigenvalue weighted by atomic mass is 10.2. The predicted octanol–water partition coefficient (Wildman–Crippen LogP) is 3.19. The van der Waals surface area contributed by atoms with Gasteiger partial charge in [-0.15, -0.1) is 0 Å². The summed E-state index contributed by atoms with van der Waals surface area (Å²) in [5.41, 5.74) is 1.11. The SMILES string of the molecule is Cc1nc(SC(=O)N(C)Cc2ccccc2)ns1. The van der Waals surface area contributed by atoms with Crippen LogP contribution >= 0.6 is 23.3 Å². The molecule has 0 atom stereocenters. The van der Waals surface area contributed by atoms with Gasteiger partial charge in [0.25, 0.3) is 5.24 Å². The van der Waals surface area contributed by atoms with Gasteiger partial charge in [-0.05, 0) is 24.0 Å². The van der Waals surface area contributed by atoms with Crippen LogP contribution in [0.25, 0.3) is 0 Å². The Morgan fingerprint density at radius 1 is 1.39 bits per heavy atom. The fourth-order valence-electron chi connectivity index (χ4n) is 1.40. The predicted molar refractivity (Wildman–Crippen MR) is 73.8 cm³/mol. The van der Waals surface area contributed by atoms with Crippen molar-refractivity contribution in [3.63, 3.8) is 0 Å². The van der Waals surface area contributed by atoms with E-state index in [1.165, 1.54) is 11.5 Å². The Hall–Kier alpha value is -1.40. The Morgan fingerprint density at radius 2 is 2.11 bits per heavy atom. The first kappa shape index (κ1) is 13.0.